The number of aliphatic hydroxyl groups excluding tert-OH is 1. The zero-order valence-electron chi connectivity index (χ0n) is 21.6. The SMILES string of the molecule is CCCC(=O)O[C@]1(C(=O)COC(=O)CC)CC[C@@H]2[C@@H]3CCC4=CC(=O)CC[C@]4(C)[C@@H]3[C@@H](O)C[C@@]21C. The van der Waals surface area contributed by atoms with Gasteiger partial charge in [-0.25, -0.2) is 0 Å². The second-order valence-electron chi connectivity index (χ2n) is 11.6. The average molecular weight is 489 g/mol. The monoisotopic (exact) mass is 488 g/mol. The van der Waals surface area contributed by atoms with Crippen LogP contribution >= 0.6 is 0 Å². The number of carbonyl (C=O) groups is 4. The normalized spacial score (nSPS) is 40.1. The van der Waals surface area contributed by atoms with Crippen LogP contribution in [0.4, 0.5) is 0 Å². The van der Waals surface area contributed by atoms with Crippen LogP contribution < -0.4 is 0 Å². The summed E-state index contributed by atoms with van der Waals surface area (Å²) in [7, 11) is 0. The standard InChI is InChI=1S/C28H40O7/c1-5-7-24(33)35-28(22(31)16-34-23(32)6-2)13-11-20-19-9-8-17-14-18(29)10-12-26(17,3)25(19)21(30)15-27(20,28)4/h14,19-21,25,30H,5-13,15-16H2,1-4H3/t19-,20+,21-,25-,26-,27-,28-/m0/s1. The molecule has 194 valence electrons. The number of carbonyl (C=O) groups excluding carboxylic acids is 4. The third kappa shape index (κ3) is 4.08. The number of hydrogen-bond donors (Lipinski definition) is 1. The molecule has 7 atom stereocenters. The van der Waals surface area contributed by atoms with Crippen molar-refractivity contribution in [2.75, 3.05) is 6.61 Å². The molecule has 3 saturated carbocycles. The Morgan fingerprint density at radius 3 is 2.51 bits per heavy atom. The van der Waals surface area contributed by atoms with Crippen LogP contribution in [-0.4, -0.2) is 46.9 Å². The summed E-state index contributed by atoms with van der Waals surface area (Å²) in [5, 5.41) is 11.6. The molecular formula is C28H40O7. The third-order valence-electron chi connectivity index (χ3n) is 9.86. The van der Waals surface area contributed by atoms with E-state index in [-0.39, 0.29) is 47.6 Å². The average Bonchev–Trinajstić information content (AvgIpc) is 3.09. The number of hydrogen-bond acceptors (Lipinski definition) is 7. The summed E-state index contributed by atoms with van der Waals surface area (Å²) in [6, 6.07) is 0. The zero-order valence-corrected chi connectivity index (χ0v) is 21.6. The molecule has 3 fully saturated rings. The summed E-state index contributed by atoms with van der Waals surface area (Å²) in [5.41, 5.74) is -1.25. The van der Waals surface area contributed by atoms with Gasteiger partial charge in [0.05, 0.1) is 6.10 Å². The Labute approximate surface area is 208 Å². The quantitative estimate of drug-likeness (QED) is 0.538. The number of esters is 2. The van der Waals surface area contributed by atoms with Crippen molar-refractivity contribution in [3.05, 3.63) is 11.6 Å². The highest BCUT2D eigenvalue weighted by atomic mass is 16.6. The first-order valence-corrected chi connectivity index (χ1v) is 13.3. The Hall–Kier alpha value is -2.02. The number of ether oxygens (including phenoxy) is 2. The van der Waals surface area contributed by atoms with Crippen LogP contribution in [-0.2, 0) is 28.7 Å². The highest BCUT2D eigenvalue weighted by Gasteiger charge is 2.70. The fraction of sp³-hybridized carbons (Fsp3) is 0.786. The van der Waals surface area contributed by atoms with Crippen LogP contribution in [0.2, 0.25) is 0 Å². The minimum absolute atomic E-state index is 0.00356. The summed E-state index contributed by atoms with van der Waals surface area (Å²) in [6.07, 6.45) is 6.41. The smallest absolute Gasteiger partial charge is 0.306 e. The molecule has 0 aromatic rings. The molecule has 7 heteroatoms. The molecule has 35 heavy (non-hydrogen) atoms. The molecule has 0 unspecified atom stereocenters. The lowest BCUT2D eigenvalue weighted by Gasteiger charge is -2.60. The van der Waals surface area contributed by atoms with Gasteiger partial charge in [0.2, 0.25) is 5.78 Å². The number of allylic oxidation sites excluding steroid dienone is 1. The largest absolute Gasteiger partial charge is 0.457 e. The Kier molecular flexibility index (Phi) is 7.04. The molecule has 1 N–H and O–H groups in total. The molecule has 4 aliphatic rings. The Morgan fingerprint density at radius 1 is 1.09 bits per heavy atom. The Bertz CT molecular complexity index is 938. The van der Waals surface area contributed by atoms with Crippen molar-refractivity contribution in [2.45, 2.75) is 104 Å². The third-order valence-corrected chi connectivity index (χ3v) is 9.86. The van der Waals surface area contributed by atoms with Crippen LogP contribution in [0.1, 0.15) is 91.9 Å². The summed E-state index contributed by atoms with van der Waals surface area (Å²) in [4.78, 5) is 50.4. The van der Waals surface area contributed by atoms with E-state index in [0.29, 0.717) is 32.1 Å². The van der Waals surface area contributed by atoms with Gasteiger partial charge in [-0.15, -0.1) is 0 Å². The van der Waals surface area contributed by atoms with Crippen LogP contribution in [0.5, 0.6) is 0 Å². The molecule has 7 nitrogen and oxygen atoms in total. The molecule has 0 spiro atoms. The number of ketones is 2. The van der Waals surface area contributed by atoms with Gasteiger partial charge in [-0.2, -0.15) is 0 Å². The van der Waals surface area contributed by atoms with Crippen molar-refractivity contribution >= 4 is 23.5 Å². The fourth-order valence-electron chi connectivity index (χ4n) is 8.17. The molecule has 0 aromatic carbocycles. The van der Waals surface area contributed by atoms with Gasteiger partial charge in [0.25, 0.3) is 0 Å². The van der Waals surface area contributed by atoms with E-state index < -0.39 is 35.7 Å². The summed E-state index contributed by atoms with van der Waals surface area (Å²) < 4.78 is 11.3. The van der Waals surface area contributed by atoms with Gasteiger partial charge in [0.1, 0.15) is 0 Å². The van der Waals surface area contributed by atoms with Crippen LogP contribution in [0.3, 0.4) is 0 Å². The molecule has 4 aliphatic carbocycles. The first-order chi connectivity index (χ1) is 16.5. The lowest BCUT2D eigenvalue weighted by Crippen LogP contribution is -2.63. The number of Topliss-reactive ketones (excluding diaryl/α,β-unsaturated/α-hetero) is 1. The van der Waals surface area contributed by atoms with E-state index in [2.05, 4.69) is 6.92 Å². The van der Waals surface area contributed by atoms with Gasteiger partial charge in [-0.05, 0) is 74.2 Å². The van der Waals surface area contributed by atoms with E-state index in [1.807, 2.05) is 13.8 Å². The maximum atomic E-state index is 13.7. The maximum Gasteiger partial charge on any atom is 0.306 e. The lowest BCUT2D eigenvalue weighted by molar-refractivity contribution is -0.203. The van der Waals surface area contributed by atoms with Gasteiger partial charge in [-0.1, -0.05) is 33.3 Å². The topological polar surface area (TPSA) is 107 Å². The van der Waals surface area contributed by atoms with Gasteiger partial charge in [0.15, 0.2) is 18.0 Å². The second-order valence-corrected chi connectivity index (χ2v) is 11.6. The fourth-order valence-corrected chi connectivity index (χ4v) is 8.17. The molecule has 0 saturated heterocycles. The highest BCUT2D eigenvalue weighted by Crippen LogP contribution is 2.68. The molecular weight excluding hydrogens is 448 g/mol. The van der Waals surface area contributed by atoms with Gasteiger partial charge >= 0.3 is 11.9 Å². The maximum absolute atomic E-state index is 13.7. The van der Waals surface area contributed by atoms with E-state index in [9.17, 15) is 24.3 Å². The minimum atomic E-state index is -1.41. The predicted molar refractivity (Wildman–Crippen MR) is 128 cm³/mol. The van der Waals surface area contributed by atoms with E-state index >= 15 is 0 Å². The zero-order chi connectivity index (χ0) is 25.6. The van der Waals surface area contributed by atoms with Gasteiger partial charge < -0.3 is 14.6 Å². The van der Waals surface area contributed by atoms with Crippen molar-refractivity contribution in [2.24, 2.45) is 28.6 Å². The van der Waals surface area contributed by atoms with E-state index in [0.717, 1.165) is 24.8 Å². The van der Waals surface area contributed by atoms with E-state index in [4.69, 9.17) is 9.47 Å². The molecule has 4 rings (SSSR count). The van der Waals surface area contributed by atoms with Crippen molar-refractivity contribution in [1.82, 2.24) is 0 Å². The minimum Gasteiger partial charge on any atom is -0.457 e. The van der Waals surface area contributed by atoms with Gasteiger partial charge in [0, 0.05) is 24.7 Å². The number of aliphatic hydroxyl groups is 1. The number of fused-ring (bicyclic) bond motifs is 5. The van der Waals surface area contributed by atoms with Crippen LogP contribution in [0, 0.1) is 28.6 Å². The van der Waals surface area contributed by atoms with E-state index in [1.54, 1.807) is 13.0 Å². The van der Waals surface area contributed by atoms with Crippen molar-refractivity contribution in [3.63, 3.8) is 0 Å². The van der Waals surface area contributed by atoms with Gasteiger partial charge in [-0.3, -0.25) is 19.2 Å². The molecule has 0 bridgehead atoms. The summed E-state index contributed by atoms with van der Waals surface area (Å²) >= 11 is 0. The second kappa shape index (κ2) is 9.45. The first-order valence-electron chi connectivity index (χ1n) is 13.3. The molecule has 0 aliphatic heterocycles. The Balaban J connectivity index is 1.70. The summed E-state index contributed by atoms with van der Waals surface area (Å²) in [5.74, 6) is -0.852. The van der Waals surface area contributed by atoms with E-state index in [1.165, 1.54) is 0 Å². The van der Waals surface area contributed by atoms with Crippen LogP contribution in [0.15, 0.2) is 11.6 Å². The highest BCUT2D eigenvalue weighted by molar-refractivity contribution is 5.93. The first kappa shape index (κ1) is 26.1. The Morgan fingerprint density at radius 2 is 1.83 bits per heavy atom. The van der Waals surface area contributed by atoms with Crippen LogP contribution in [0.25, 0.3) is 0 Å². The van der Waals surface area contributed by atoms with Crippen molar-refractivity contribution in [3.8, 4) is 0 Å². The lowest BCUT2D eigenvalue weighted by atomic mass is 9.45. The summed E-state index contributed by atoms with van der Waals surface area (Å²) in [6.45, 7) is 7.30. The number of rotatable bonds is 7. The molecule has 0 aromatic heterocycles. The van der Waals surface area contributed by atoms with Crippen molar-refractivity contribution in [1.29, 1.82) is 0 Å². The molecule has 0 amide bonds. The molecule has 0 radical (unpaired) electrons. The predicted octanol–water partition coefficient (Wildman–Crippen LogP) is 4.09. The molecule has 0 heterocycles. The van der Waals surface area contributed by atoms with Crippen molar-refractivity contribution < 1.29 is 33.8 Å².